The normalized spacial score (nSPS) is 15.6. The fourth-order valence-electron chi connectivity index (χ4n) is 2.91. The van der Waals surface area contributed by atoms with Gasteiger partial charge < -0.3 is 5.32 Å². The Kier molecular flexibility index (Phi) is 4.78. The average molecular weight is 349 g/mol. The molecule has 0 bridgehead atoms. The van der Waals surface area contributed by atoms with Crippen molar-refractivity contribution in [2.24, 2.45) is 0 Å². The Bertz CT molecular complexity index is 858. The van der Waals surface area contributed by atoms with E-state index in [1.807, 2.05) is 18.2 Å². The third-order valence-corrected chi connectivity index (χ3v) is 4.98. The number of H-pyrrole nitrogens is 1. The first-order valence-corrected chi connectivity index (χ1v) is 8.46. The zero-order valence-corrected chi connectivity index (χ0v) is 14.6. The lowest BCUT2D eigenvalue weighted by Crippen LogP contribution is -2.46. The fourth-order valence-corrected chi connectivity index (χ4v) is 3.11. The molecule has 128 valence electrons. The second-order valence-corrected chi connectivity index (χ2v) is 6.51. The molecular weight excluding hydrogens is 328 g/mol. The molecule has 0 saturated heterocycles. The Labute approximate surface area is 145 Å². The fraction of sp³-hybridized carbons (Fsp3) is 0.412. The molecule has 1 aliphatic rings. The van der Waals surface area contributed by atoms with E-state index in [2.05, 4.69) is 29.0 Å². The summed E-state index contributed by atoms with van der Waals surface area (Å²) in [6, 6.07) is 7.74. The van der Waals surface area contributed by atoms with Gasteiger partial charge in [0.15, 0.2) is 0 Å². The number of rotatable bonds is 4. The number of benzene rings is 1. The predicted molar refractivity (Wildman–Crippen MR) is 95.7 cm³/mol. The lowest BCUT2D eigenvalue weighted by atomic mass is 10.1. The first-order valence-electron chi connectivity index (χ1n) is 8.08. The van der Waals surface area contributed by atoms with Crippen LogP contribution >= 0.6 is 11.6 Å². The smallest absolute Gasteiger partial charge is 0.330 e. The van der Waals surface area contributed by atoms with Gasteiger partial charge in [0, 0.05) is 17.6 Å². The summed E-state index contributed by atoms with van der Waals surface area (Å²) in [4.78, 5) is 29.2. The van der Waals surface area contributed by atoms with Crippen molar-refractivity contribution in [1.29, 1.82) is 0 Å². The molecule has 6 nitrogen and oxygen atoms in total. The SMILES string of the molecule is CC[C@@H](C)N1CNc2c(c(=O)[nH]c(=O)n2Cc2ccccc2Cl)C1. The van der Waals surface area contributed by atoms with Crippen LogP contribution in [0.15, 0.2) is 33.9 Å². The highest BCUT2D eigenvalue weighted by atomic mass is 35.5. The maximum atomic E-state index is 12.3. The van der Waals surface area contributed by atoms with Crippen molar-refractivity contribution >= 4 is 17.4 Å². The van der Waals surface area contributed by atoms with Crippen molar-refractivity contribution in [2.75, 3.05) is 12.0 Å². The van der Waals surface area contributed by atoms with Crippen molar-refractivity contribution < 1.29 is 0 Å². The van der Waals surface area contributed by atoms with E-state index in [1.165, 1.54) is 0 Å². The summed E-state index contributed by atoms with van der Waals surface area (Å²) >= 11 is 6.21. The van der Waals surface area contributed by atoms with E-state index in [9.17, 15) is 9.59 Å². The third kappa shape index (κ3) is 3.12. The van der Waals surface area contributed by atoms with Gasteiger partial charge in [-0.1, -0.05) is 36.7 Å². The molecule has 24 heavy (non-hydrogen) atoms. The van der Waals surface area contributed by atoms with E-state index >= 15 is 0 Å². The van der Waals surface area contributed by atoms with Gasteiger partial charge in [-0.15, -0.1) is 0 Å². The number of hydrogen-bond acceptors (Lipinski definition) is 4. The molecule has 0 radical (unpaired) electrons. The zero-order chi connectivity index (χ0) is 17.3. The van der Waals surface area contributed by atoms with E-state index in [0.717, 1.165) is 12.0 Å². The molecule has 1 atom stereocenters. The van der Waals surface area contributed by atoms with Crippen LogP contribution in [0.3, 0.4) is 0 Å². The van der Waals surface area contributed by atoms with Gasteiger partial charge in [-0.3, -0.25) is 19.2 Å². The van der Waals surface area contributed by atoms with Gasteiger partial charge >= 0.3 is 5.69 Å². The Hall–Kier alpha value is -2.05. The summed E-state index contributed by atoms with van der Waals surface area (Å²) in [5.41, 5.74) is 0.670. The Morgan fingerprint density at radius 3 is 2.75 bits per heavy atom. The molecule has 0 aliphatic carbocycles. The summed E-state index contributed by atoms with van der Waals surface area (Å²) in [6.07, 6.45) is 0.994. The first kappa shape index (κ1) is 16.8. The van der Waals surface area contributed by atoms with Crippen molar-refractivity contribution in [3.8, 4) is 0 Å². The summed E-state index contributed by atoms with van der Waals surface area (Å²) in [5, 5.41) is 3.84. The van der Waals surface area contributed by atoms with Crippen molar-refractivity contribution in [3.63, 3.8) is 0 Å². The Morgan fingerprint density at radius 1 is 1.29 bits per heavy atom. The number of aromatic nitrogens is 2. The maximum Gasteiger partial charge on any atom is 0.330 e. The summed E-state index contributed by atoms with van der Waals surface area (Å²) in [5.74, 6) is 0.586. The Balaban J connectivity index is 2.02. The van der Waals surface area contributed by atoms with Crippen LogP contribution in [0, 0.1) is 0 Å². The van der Waals surface area contributed by atoms with Crippen molar-refractivity contribution in [3.05, 3.63) is 61.3 Å². The lowest BCUT2D eigenvalue weighted by Gasteiger charge is -2.34. The molecule has 0 unspecified atom stereocenters. The minimum atomic E-state index is -0.428. The van der Waals surface area contributed by atoms with Crippen LogP contribution in [0.5, 0.6) is 0 Å². The van der Waals surface area contributed by atoms with E-state index in [4.69, 9.17) is 11.6 Å². The average Bonchev–Trinajstić information content (AvgIpc) is 2.59. The van der Waals surface area contributed by atoms with Gasteiger partial charge in [-0.25, -0.2) is 4.79 Å². The third-order valence-electron chi connectivity index (χ3n) is 4.61. The molecule has 0 spiro atoms. The van der Waals surface area contributed by atoms with Crippen LogP contribution in [0.4, 0.5) is 5.82 Å². The number of anilines is 1. The van der Waals surface area contributed by atoms with Gasteiger partial charge in [-0.2, -0.15) is 0 Å². The number of hydrogen-bond donors (Lipinski definition) is 2. The minimum Gasteiger partial charge on any atom is -0.358 e. The molecule has 0 amide bonds. The van der Waals surface area contributed by atoms with Crippen LogP contribution in [-0.2, 0) is 13.1 Å². The van der Waals surface area contributed by atoms with Crippen LogP contribution in [-0.4, -0.2) is 27.2 Å². The first-order chi connectivity index (χ1) is 11.5. The van der Waals surface area contributed by atoms with E-state index < -0.39 is 5.69 Å². The summed E-state index contributed by atoms with van der Waals surface area (Å²) in [6.45, 7) is 5.68. The molecule has 0 fully saturated rings. The van der Waals surface area contributed by atoms with Crippen LogP contribution in [0.1, 0.15) is 31.4 Å². The van der Waals surface area contributed by atoms with E-state index in [0.29, 0.717) is 42.2 Å². The molecule has 2 aromatic rings. The van der Waals surface area contributed by atoms with Crippen molar-refractivity contribution in [2.45, 2.75) is 39.4 Å². The Morgan fingerprint density at radius 2 is 2.04 bits per heavy atom. The van der Waals surface area contributed by atoms with Crippen LogP contribution in [0.2, 0.25) is 5.02 Å². The number of halogens is 1. The summed E-state index contributed by atoms with van der Waals surface area (Å²) in [7, 11) is 0. The predicted octanol–water partition coefficient (Wildman–Crippen LogP) is 2.22. The van der Waals surface area contributed by atoms with Crippen LogP contribution in [0.25, 0.3) is 0 Å². The number of aromatic amines is 1. The number of fused-ring (bicyclic) bond motifs is 1. The molecule has 7 heteroatoms. The molecule has 1 aromatic carbocycles. The summed E-state index contributed by atoms with van der Waals surface area (Å²) < 4.78 is 1.55. The van der Waals surface area contributed by atoms with Crippen LogP contribution < -0.4 is 16.6 Å². The van der Waals surface area contributed by atoms with Crippen molar-refractivity contribution in [1.82, 2.24) is 14.5 Å². The van der Waals surface area contributed by atoms with Gasteiger partial charge in [-0.05, 0) is 25.0 Å². The molecule has 0 saturated carbocycles. The van der Waals surface area contributed by atoms with Gasteiger partial charge in [0.2, 0.25) is 0 Å². The highest BCUT2D eigenvalue weighted by Crippen LogP contribution is 2.22. The van der Waals surface area contributed by atoms with Gasteiger partial charge in [0.1, 0.15) is 5.82 Å². The highest BCUT2D eigenvalue weighted by molar-refractivity contribution is 6.31. The van der Waals surface area contributed by atoms with E-state index in [-0.39, 0.29) is 5.56 Å². The second-order valence-electron chi connectivity index (χ2n) is 6.10. The molecule has 1 aromatic heterocycles. The molecular formula is C17H21ClN4O2. The quantitative estimate of drug-likeness (QED) is 0.889. The molecule has 1 aliphatic heterocycles. The largest absolute Gasteiger partial charge is 0.358 e. The minimum absolute atomic E-state index is 0.313. The van der Waals surface area contributed by atoms with E-state index in [1.54, 1.807) is 10.6 Å². The number of nitrogens with one attached hydrogen (secondary N) is 2. The molecule has 3 rings (SSSR count). The lowest BCUT2D eigenvalue weighted by molar-refractivity contribution is 0.200. The number of nitrogens with zero attached hydrogens (tertiary/aromatic N) is 2. The highest BCUT2D eigenvalue weighted by Gasteiger charge is 2.25. The maximum absolute atomic E-state index is 12.3. The molecule has 2 N–H and O–H groups in total. The monoisotopic (exact) mass is 348 g/mol. The molecule has 2 heterocycles. The van der Waals surface area contributed by atoms with Gasteiger partial charge in [0.05, 0.1) is 18.8 Å². The zero-order valence-electron chi connectivity index (χ0n) is 13.8. The van der Waals surface area contributed by atoms with Gasteiger partial charge in [0.25, 0.3) is 5.56 Å². The second kappa shape index (κ2) is 6.83. The topological polar surface area (TPSA) is 70.1 Å². The standard InChI is InChI=1S/C17H21ClN4O2/c1-3-11(2)21-9-13-15(19-10-21)22(17(24)20-16(13)23)8-12-6-4-5-7-14(12)18/h4-7,11,19H,3,8-10H2,1-2H3,(H,20,23,24)/t11-/m1/s1.